The standard InChI is InChI=1S/C19H21N3O2S/c1-10-5-6-14(9-11(10)2)16-12(3)25-18-17(16)19(24)22(13(4)21-18)8-7-15(20)23/h5-6,9H,7-8H2,1-4H3,(H2,20,23). The van der Waals surface area contributed by atoms with Crippen LogP contribution < -0.4 is 11.3 Å². The second-order valence-electron chi connectivity index (χ2n) is 6.34. The molecule has 0 fully saturated rings. The lowest BCUT2D eigenvalue weighted by Gasteiger charge is -2.10. The fourth-order valence-electron chi connectivity index (χ4n) is 3.03. The Bertz CT molecular complexity index is 1050. The van der Waals surface area contributed by atoms with Crippen LogP contribution in [0.4, 0.5) is 0 Å². The summed E-state index contributed by atoms with van der Waals surface area (Å²) in [7, 11) is 0. The number of fused-ring (bicyclic) bond motifs is 1. The third kappa shape index (κ3) is 3.09. The Morgan fingerprint density at radius 3 is 2.56 bits per heavy atom. The second-order valence-corrected chi connectivity index (χ2v) is 7.55. The normalized spacial score (nSPS) is 11.2. The summed E-state index contributed by atoms with van der Waals surface area (Å²) in [6.07, 6.45) is 0.121. The third-order valence-corrected chi connectivity index (χ3v) is 5.56. The van der Waals surface area contributed by atoms with Crippen LogP contribution >= 0.6 is 11.3 Å². The van der Waals surface area contributed by atoms with Crippen molar-refractivity contribution in [2.45, 2.75) is 40.7 Å². The molecule has 3 rings (SSSR count). The van der Waals surface area contributed by atoms with Crippen molar-refractivity contribution in [1.29, 1.82) is 0 Å². The smallest absolute Gasteiger partial charge is 0.262 e. The first-order chi connectivity index (χ1) is 11.8. The van der Waals surface area contributed by atoms with Gasteiger partial charge in [-0.05, 0) is 44.4 Å². The van der Waals surface area contributed by atoms with E-state index in [1.807, 2.05) is 13.0 Å². The van der Waals surface area contributed by atoms with Gasteiger partial charge in [-0.2, -0.15) is 0 Å². The van der Waals surface area contributed by atoms with Crippen molar-refractivity contribution in [3.05, 3.63) is 50.4 Å². The van der Waals surface area contributed by atoms with E-state index in [-0.39, 0.29) is 18.5 Å². The topological polar surface area (TPSA) is 78.0 Å². The van der Waals surface area contributed by atoms with Crippen molar-refractivity contribution < 1.29 is 4.79 Å². The molecule has 0 atom stereocenters. The van der Waals surface area contributed by atoms with E-state index in [2.05, 4.69) is 31.0 Å². The summed E-state index contributed by atoms with van der Waals surface area (Å²) in [4.78, 5) is 30.6. The van der Waals surface area contributed by atoms with E-state index in [1.165, 1.54) is 22.5 Å². The number of nitrogens with two attached hydrogens (primary N) is 1. The highest BCUT2D eigenvalue weighted by atomic mass is 32.1. The van der Waals surface area contributed by atoms with Crippen LogP contribution in [-0.2, 0) is 11.3 Å². The third-order valence-electron chi connectivity index (χ3n) is 4.56. The van der Waals surface area contributed by atoms with Crippen molar-refractivity contribution in [1.82, 2.24) is 9.55 Å². The van der Waals surface area contributed by atoms with Gasteiger partial charge in [-0.3, -0.25) is 14.2 Å². The van der Waals surface area contributed by atoms with Crippen LogP contribution in [0.5, 0.6) is 0 Å². The van der Waals surface area contributed by atoms with Gasteiger partial charge in [0.05, 0.1) is 5.39 Å². The van der Waals surface area contributed by atoms with Gasteiger partial charge in [0, 0.05) is 23.4 Å². The number of nitrogens with zero attached hydrogens (tertiary/aromatic N) is 2. The minimum absolute atomic E-state index is 0.110. The molecule has 3 aromatic rings. The minimum atomic E-state index is -0.428. The van der Waals surface area contributed by atoms with Gasteiger partial charge in [0.2, 0.25) is 5.91 Å². The lowest BCUT2D eigenvalue weighted by molar-refractivity contribution is -0.118. The molecule has 0 unspecified atom stereocenters. The zero-order valence-electron chi connectivity index (χ0n) is 14.8. The minimum Gasteiger partial charge on any atom is -0.370 e. The Balaban J connectivity index is 2.27. The molecule has 2 aromatic heterocycles. The number of carbonyl (C=O) groups is 1. The van der Waals surface area contributed by atoms with Gasteiger partial charge in [-0.25, -0.2) is 4.98 Å². The molecule has 0 bridgehead atoms. The SMILES string of the molecule is Cc1ccc(-c2c(C)sc3nc(C)n(CCC(N)=O)c(=O)c23)cc1C. The number of benzene rings is 1. The maximum Gasteiger partial charge on any atom is 0.262 e. The van der Waals surface area contributed by atoms with Crippen LogP contribution in [0.1, 0.15) is 28.2 Å². The zero-order valence-corrected chi connectivity index (χ0v) is 15.7. The van der Waals surface area contributed by atoms with Gasteiger partial charge in [-0.15, -0.1) is 11.3 Å². The Morgan fingerprint density at radius 1 is 1.20 bits per heavy atom. The number of carbonyl (C=O) groups excluding carboxylic acids is 1. The predicted molar refractivity (Wildman–Crippen MR) is 102 cm³/mol. The summed E-state index contributed by atoms with van der Waals surface area (Å²) >= 11 is 1.53. The highest BCUT2D eigenvalue weighted by Crippen LogP contribution is 2.36. The molecule has 25 heavy (non-hydrogen) atoms. The van der Waals surface area contributed by atoms with Gasteiger partial charge in [-0.1, -0.05) is 18.2 Å². The molecule has 5 nitrogen and oxygen atoms in total. The molecule has 2 N–H and O–H groups in total. The van der Waals surface area contributed by atoms with E-state index in [1.54, 1.807) is 11.5 Å². The van der Waals surface area contributed by atoms with Crippen LogP contribution in [0, 0.1) is 27.7 Å². The van der Waals surface area contributed by atoms with Crippen LogP contribution in [0.15, 0.2) is 23.0 Å². The molecule has 0 saturated carbocycles. The van der Waals surface area contributed by atoms with Crippen molar-refractivity contribution >= 4 is 27.5 Å². The molecule has 0 spiro atoms. The molecular weight excluding hydrogens is 334 g/mol. The van der Waals surface area contributed by atoms with E-state index >= 15 is 0 Å². The maximum atomic E-state index is 13.1. The molecule has 0 aliphatic heterocycles. The van der Waals surface area contributed by atoms with Crippen LogP contribution in [-0.4, -0.2) is 15.5 Å². The second kappa shape index (κ2) is 6.44. The Morgan fingerprint density at radius 2 is 1.92 bits per heavy atom. The van der Waals surface area contributed by atoms with Crippen molar-refractivity contribution in [2.24, 2.45) is 5.73 Å². The fraction of sp³-hybridized carbons (Fsp3) is 0.316. The van der Waals surface area contributed by atoms with E-state index in [4.69, 9.17) is 5.73 Å². The summed E-state index contributed by atoms with van der Waals surface area (Å²) in [5, 5.41) is 0.626. The average Bonchev–Trinajstić information content (AvgIpc) is 2.85. The predicted octanol–water partition coefficient (Wildman–Crippen LogP) is 3.23. The van der Waals surface area contributed by atoms with E-state index in [9.17, 15) is 9.59 Å². The van der Waals surface area contributed by atoms with Crippen LogP contribution in [0.3, 0.4) is 0 Å². The van der Waals surface area contributed by atoms with Gasteiger partial charge in [0.1, 0.15) is 10.7 Å². The summed E-state index contributed by atoms with van der Waals surface area (Å²) in [5.74, 6) is 0.175. The molecule has 0 aliphatic carbocycles. The lowest BCUT2D eigenvalue weighted by atomic mass is 9.99. The van der Waals surface area contributed by atoms with E-state index < -0.39 is 5.91 Å². The zero-order chi connectivity index (χ0) is 18.3. The van der Waals surface area contributed by atoms with Gasteiger partial charge in [0.25, 0.3) is 5.56 Å². The summed E-state index contributed by atoms with van der Waals surface area (Å²) < 4.78 is 1.55. The molecule has 130 valence electrons. The quantitative estimate of drug-likeness (QED) is 0.780. The molecule has 6 heteroatoms. The average molecular weight is 355 g/mol. The molecule has 0 saturated heterocycles. The van der Waals surface area contributed by atoms with E-state index in [0.29, 0.717) is 11.2 Å². The molecule has 0 aliphatic rings. The Hall–Kier alpha value is -2.47. The van der Waals surface area contributed by atoms with Crippen molar-refractivity contribution in [3.63, 3.8) is 0 Å². The molecule has 2 heterocycles. The largest absolute Gasteiger partial charge is 0.370 e. The summed E-state index contributed by atoms with van der Waals surface area (Å²) in [5.41, 5.74) is 9.49. The van der Waals surface area contributed by atoms with Crippen LogP contribution in [0.2, 0.25) is 0 Å². The highest BCUT2D eigenvalue weighted by molar-refractivity contribution is 7.19. The maximum absolute atomic E-state index is 13.1. The number of rotatable bonds is 4. The Kier molecular flexibility index (Phi) is 4.47. The van der Waals surface area contributed by atoms with Gasteiger partial charge in [0.15, 0.2) is 0 Å². The van der Waals surface area contributed by atoms with Gasteiger partial charge < -0.3 is 5.73 Å². The number of hydrogen-bond donors (Lipinski definition) is 1. The molecular formula is C19H21N3O2S. The number of thiophene rings is 1. The first-order valence-corrected chi connectivity index (χ1v) is 8.97. The first kappa shape index (κ1) is 17.4. The number of hydrogen-bond acceptors (Lipinski definition) is 4. The van der Waals surface area contributed by atoms with Gasteiger partial charge >= 0.3 is 0 Å². The number of amides is 1. The molecule has 0 radical (unpaired) electrons. The van der Waals surface area contributed by atoms with Crippen LogP contribution in [0.25, 0.3) is 21.3 Å². The summed E-state index contributed by atoms with van der Waals surface area (Å²) in [6.45, 7) is 8.19. The number of aryl methyl sites for hydroxylation is 4. The molecule has 1 aromatic carbocycles. The number of aromatic nitrogens is 2. The fourth-order valence-corrected chi connectivity index (χ4v) is 4.11. The summed E-state index contributed by atoms with van der Waals surface area (Å²) in [6, 6.07) is 6.22. The first-order valence-electron chi connectivity index (χ1n) is 8.16. The molecule has 1 amide bonds. The highest BCUT2D eigenvalue weighted by Gasteiger charge is 2.19. The van der Waals surface area contributed by atoms with Crippen molar-refractivity contribution in [3.8, 4) is 11.1 Å². The number of primary amides is 1. The Labute approximate surface area is 150 Å². The lowest BCUT2D eigenvalue weighted by Crippen LogP contribution is -2.26. The monoisotopic (exact) mass is 355 g/mol. The van der Waals surface area contributed by atoms with E-state index in [0.717, 1.165) is 20.8 Å². The van der Waals surface area contributed by atoms with Crippen molar-refractivity contribution in [2.75, 3.05) is 0 Å².